The lowest BCUT2D eigenvalue weighted by Crippen LogP contribution is -2.58. The van der Waals surface area contributed by atoms with Crippen molar-refractivity contribution in [2.45, 2.75) is 52.6 Å². The molecule has 1 aliphatic heterocycles. The number of carbonyl (C=O) groups is 2. The third kappa shape index (κ3) is 4.88. The van der Waals surface area contributed by atoms with Gasteiger partial charge in [-0.25, -0.2) is 9.59 Å². The van der Waals surface area contributed by atoms with E-state index in [4.69, 9.17) is 0 Å². The molecule has 0 spiro atoms. The molecule has 2 unspecified atom stereocenters. The fourth-order valence-electron chi connectivity index (χ4n) is 2.49. The topological polar surface area (TPSA) is 72.9 Å². The van der Waals surface area contributed by atoms with Gasteiger partial charge in [0, 0.05) is 31.7 Å². The van der Waals surface area contributed by atoms with Crippen molar-refractivity contribution in [2.24, 2.45) is 5.92 Å². The standard InChI is InChI=1S/C15H29N3O3/c1-6-11(2)12(13(19)20)16-14(21)17-7-9-18(10-8-17)15(3,4)5/h11-12H,6-10H2,1-5H3,(H,16,21)(H,19,20). The molecule has 0 radical (unpaired) electrons. The van der Waals surface area contributed by atoms with Crippen LogP contribution >= 0.6 is 0 Å². The average molecular weight is 299 g/mol. The molecule has 2 amide bonds. The molecular formula is C15H29N3O3. The summed E-state index contributed by atoms with van der Waals surface area (Å²) in [7, 11) is 0. The minimum absolute atomic E-state index is 0.0812. The number of carboxylic acid groups (broad SMARTS) is 1. The smallest absolute Gasteiger partial charge is 0.326 e. The molecule has 1 saturated heterocycles. The monoisotopic (exact) mass is 299 g/mol. The second kappa shape index (κ2) is 7.11. The fourth-order valence-corrected chi connectivity index (χ4v) is 2.49. The summed E-state index contributed by atoms with van der Waals surface area (Å²) in [6.07, 6.45) is 0.717. The highest BCUT2D eigenvalue weighted by Crippen LogP contribution is 2.16. The van der Waals surface area contributed by atoms with Crippen molar-refractivity contribution in [1.82, 2.24) is 15.1 Å². The highest BCUT2D eigenvalue weighted by atomic mass is 16.4. The van der Waals surface area contributed by atoms with Crippen molar-refractivity contribution in [3.05, 3.63) is 0 Å². The zero-order chi connectivity index (χ0) is 16.2. The highest BCUT2D eigenvalue weighted by molar-refractivity contribution is 5.82. The number of hydrogen-bond donors (Lipinski definition) is 2. The molecule has 6 nitrogen and oxygen atoms in total. The number of amides is 2. The lowest BCUT2D eigenvalue weighted by atomic mass is 9.99. The summed E-state index contributed by atoms with van der Waals surface area (Å²) < 4.78 is 0. The predicted molar refractivity (Wildman–Crippen MR) is 82.3 cm³/mol. The molecule has 6 heteroatoms. The minimum atomic E-state index is -0.967. The van der Waals surface area contributed by atoms with Gasteiger partial charge in [0.2, 0.25) is 0 Å². The maximum absolute atomic E-state index is 12.2. The molecule has 0 aromatic carbocycles. The summed E-state index contributed by atoms with van der Waals surface area (Å²) in [6, 6.07) is -1.08. The van der Waals surface area contributed by atoms with Gasteiger partial charge in [-0.05, 0) is 26.7 Å². The molecular weight excluding hydrogens is 270 g/mol. The molecule has 1 heterocycles. The Morgan fingerprint density at radius 3 is 2.10 bits per heavy atom. The van der Waals surface area contributed by atoms with Gasteiger partial charge in [0.25, 0.3) is 0 Å². The van der Waals surface area contributed by atoms with E-state index >= 15 is 0 Å². The van der Waals surface area contributed by atoms with Crippen molar-refractivity contribution >= 4 is 12.0 Å². The number of aliphatic carboxylic acids is 1. The predicted octanol–water partition coefficient (Wildman–Crippen LogP) is 1.61. The maximum Gasteiger partial charge on any atom is 0.326 e. The van der Waals surface area contributed by atoms with E-state index < -0.39 is 12.0 Å². The van der Waals surface area contributed by atoms with Crippen LogP contribution in [0.25, 0.3) is 0 Å². The maximum atomic E-state index is 12.2. The third-order valence-electron chi connectivity index (χ3n) is 4.27. The van der Waals surface area contributed by atoms with Crippen molar-refractivity contribution in [3.8, 4) is 0 Å². The molecule has 21 heavy (non-hydrogen) atoms. The van der Waals surface area contributed by atoms with Crippen LogP contribution in [-0.4, -0.2) is 64.7 Å². The molecule has 0 bridgehead atoms. The van der Waals surface area contributed by atoms with Gasteiger partial charge in [-0.2, -0.15) is 0 Å². The summed E-state index contributed by atoms with van der Waals surface area (Å²) in [5.41, 5.74) is 0.100. The normalized spacial score (nSPS) is 20.0. The molecule has 2 atom stereocenters. The number of nitrogens with one attached hydrogen (secondary N) is 1. The number of hydrogen-bond acceptors (Lipinski definition) is 3. The van der Waals surface area contributed by atoms with E-state index in [-0.39, 0.29) is 17.5 Å². The van der Waals surface area contributed by atoms with Gasteiger partial charge in [0.15, 0.2) is 0 Å². The Morgan fingerprint density at radius 2 is 1.71 bits per heavy atom. The Bertz CT molecular complexity index is 371. The molecule has 0 saturated carbocycles. The summed E-state index contributed by atoms with van der Waals surface area (Å²) in [5.74, 6) is -1.05. The van der Waals surface area contributed by atoms with Crippen LogP contribution in [0.1, 0.15) is 41.0 Å². The van der Waals surface area contributed by atoms with Crippen LogP contribution in [0, 0.1) is 5.92 Å². The molecule has 0 aliphatic carbocycles. The van der Waals surface area contributed by atoms with Gasteiger partial charge in [-0.15, -0.1) is 0 Å². The SMILES string of the molecule is CCC(C)C(NC(=O)N1CCN(C(C)(C)C)CC1)C(=O)O. The highest BCUT2D eigenvalue weighted by Gasteiger charge is 2.31. The van der Waals surface area contributed by atoms with E-state index in [0.29, 0.717) is 13.1 Å². The first-order valence-electron chi connectivity index (χ1n) is 7.70. The van der Waals surface area contributed by atoms with Crippen LogP contribution in [0.15, 0.2) is 0 Å². The van der Waals surface area contributed by atoms with E-state index in [1.807, 2.05) is 13.8 Å². The number of carboxylic acids is 1. The molecule has 1 rings (SSSR count). The zero-order valence-corrected chi connectivity index (χ0v) is 13.8. The Kier molecular flexibility index (Phi) is 6.01. The number of piperazine rings is 1. The van der Waals surface area contributed by atoms with Crippen molar-refractivity contribution in [3.63, 3.8) is 0 Å². The summed E-state index contributed by atoms with van der Waals surface area (Å²) in [4.78, 5) is 27.5. The lowest BCUT2D eigenvalue weighted by molar-refractivity contribution is -0.140. The van der Waals surface area contributed by atoms with Crippen LogP contribution in [0.5, 0.6) is 0 Å². The Hall–Kier alpha value is -1.30. The summed E-state index contributed by atoms with van der Waals surface area (Å²) in [6.45, 7) is 13.2. The lowest BCUT2D eigenvalue weighted by Gasteiger charge is -2.42. The van der Waals surface area contributed by atoms with E-state index in [0.717, 1.165) is 19.5 Å². The molecule has 0 aromatic heterocycles. The van der Waals surface area contributed by atoms with Gasteiger partial charge < -0.3 is 15.3 Å². The van der Waals surface area contributed by atoms with E-state index in [9.17, 15) is 14.7 Å². The van der Waals surface area contributed by atoms with Crippen LogP contribution in [0.4, 0.5) is 4.79 Å². The summed E-state index contributed by atoms with van der Waals surface area (Å²) >= 11 is 0. The Balaban J connectivity index is 2.55. The second-order valence-corrected chi connectivity index (χ2v) is 6.80. The third-order valence-corrected chi connectivity index (χ3v) is 4.27. The van der Waals surface area contributed by atoms with Crippen LogP contribution in [-0.2, 0) is 4.79 Å². The molecule has 1 aliphatic rings. The first kappa shape index (κ1) is 17.8. The Morgan fingerprint density at radius 1 is 1.19 bits per heavy atom. The number of rotatable bonds is 4. The van der Waals surface area contributed by atoms with Gasteiger partial charge >= 0.3 is 12.0 Å². The first-order chi connectivity index (χ1) is 9.66. The van der Waals surface area contributed by atoms with Crippen LogP contribution in [0.3, 0.4) is 0 Å². The molecule has 122 valence electrons. The van der Waals surface area contributed by atoms with Gasteiger partial charge in [0.05, 0.1) is 0 Å². The number of nitrogens with zero attached hydrogens (tertiary/aromatic N) is 2. The zero-order valence-electron chi connectivity index (χ0n) is 13.8. The quantitative estimate of drug-likeness (QED) is 0.827. The van der Waals surface area contributed by atoms with Gasteiger partial charge in [-0.3, -0.25) is 4.90 Å². The summed E-state index contributed by atoms with van der Waals surface area (Å²) in [5, 5.41) is 11.9. The van der Waals surface area contributed by atoms with E-state index in [1.165, 1.54) is 0 Å². The second-order valence-electron chi connectivity index (χ2n) is 6.80. The number of urea groups is 1. The first-order valence-corrected chi connectivity index (χ1v) is 7.70. The van der Waals surface area contributed by atoms with E-state index in [1.54, 1.807) is 4.90 Å². The van der Waals surface area contributed by atoms with Gasteiger partial charge in [0.1, 0.15) is 6.04 Å². The fraction of sp³-hybridized carbons (Fsp3) is 0.867. The van der Waals surface area contributed by atoms with Crippen LogP contribution < -0.4 is 5.32 Å². The molecule has 0 aromatic rings. The van der Waals surface area contributed by atoms with Crippen molar-refractivity contribution < 1.29 is 14.7 Å². The molecule has 1 fully saturated rings. The van der Waals surface area contributed by atoms with Gasteiger partial charge in [-0.1, -0.05) is 20.3 Å². The average Bonchev–Trinajstić information content (AvgIpc) is 2.42. The van der Waals surface area contributed by atoms with Crippen molar-refractivity contribution in [1.29, 1.82) is 0 Å². The van der Waals surface area contributed by atoms with Crippen molar-refractivity contribution in [2.75, 3.05) is 26.2 Å². The Labute approximate surface area is 127 Å². The largest absolute Gasteiger partial charge is 0.480 e. The number of carbonyl (C=O) groups excluding carboxylic acids is 1. The molecule has 2 N–H and O–H groups in total. The van der Waals surface area contributed by atoms with Crippen LogP contribution in [0.2, 0.25) is 0 Å². The van der Waals surface area contributed by atoms with E-state index in [2.05, 4.69) is 31.0 Å². The minimum Gasteiger partial charge on any atom is -0.480 e.